The molecule has 0 saturated carbocycles. The maximum Gasteiger partial charge on any atom is 0.239 e. The summed E-state index contributed by atoms with van der Waals surface area (Å²) in [5.74, 6) is 0. The lowest BCUT2D eigenvalue weighted by atomic mass is 9.98. The molecule has 0 aromatic carbocycles. The van der Waals surface area contributed by atoms with Crippen molar-refractivity contribution in [3.8, 4) is 18.2 Å². The number of nitriles is 3. The van der Waals surface area contributed by atoms with E-state index < -0.39 is 5.41 Å². The maximum absolute atomic E-state index is 9.94. The monoisotopic (exact) mass is 151 g/mol. The molecule has 0 spiro atoms. The highest BCUT2D eigenvalue weighted by molar-refractivity contribution is 7.23. The van der Waals surface area contributed by atoms with Crippen molar-refractivity contribution in [1.82, 2.24) is 0 Å². The third-order valence-electron chi connectivity index (χ3n) is 0.874. The Morgan fingerprint density at radius 3 is 1.70 bits per heavy atom. The van der Waals surface area contributed by atoms with E-state index in [-0.39, 0.29) is 14.6 Å². The molecule has 0 amide bonds. The van der Waals surface area contributed by atoms with E-state index in [1.165, 1.54) is 18.2 Å². The van der Waals surface area contributed by atoms with Crippen LogP contribution in [-0.4, -0.2) is 6.16 Å². The third-order valence-corrected chi connectivity index (χ3v) is 1.48. The van der Waals surface area contributed by atoms with Crippen LogP contribution in [0.3, 0.4) is 0 Å². The molecule has 0 aromatic heterocycles. The molecule has 0 bridgehead atoms. The van der Waals surface area contributed by atoms with E-state index in [9.17, 15) is 4.57 Å². The predicted octanol–water partition coefficient (Wildman–Crippen LogP) is 0.835. The van der Waals surface area contributed by atoms with Crippen molar-refractivity contribution in [2.24, 2.45) is 5.41 Å². The van der Waals surface area contributed by atoms with Crippen LogP contribution >= 0.6 is 8.46 Å². The Balaban J connectivity index is 4.60. The van der Waals surface area contributed by atoms with Gasteiger partial charge in [-0.25, -0.2) is 0 Å². The molecule has 5 heteroatoms. The van der Waals surface area contributed by atoms with Crippen LogP contribution in [0.1, 0.15) is 0 Å². The zero-order valence-electron chi connectivity index (χ0n) is 4.90. The first kappa shape index (κ1) is 8.57. The Hall–Kier alpha value is -1.43. The molecule has 0 radical (unpaired) electrons. The molecule has 48 valence electrons. The van der Waals surface area contributed by atoms with E-state index in [2.05, 4.69) is 0 Å². The minimum atomic E-state index is -1.73. The van der Waals surface area contributed by atoms with E-state index in [1.807, 2.05) is 0 Å². The SMILES string of the molecule is N#CC(C#N)(C#N)CP=O. The smallest absolute Gasteiger partial charge is 0.239 e. The van der Waals surface area contributed by atoms with Gasteiger partial charge in [-0.1, -0.05) is 0 Å². The van der Waals surface area contributed by atoms with Gasteiger partial charge in [-0.3, -0.25) is 4.57 Å². The Morgan fingerprint density at radius 1 is 1.20 bits per heavy atom. The molecule has 0 N–H and O–H groups in total. The van der Waals surface area contributed by atoms with E-state index in [0.717, 1.165) is 0 Å². The second-order valence-corrected chi connectivity index (χ2v) is 2.10. The summed E-state index contributed by atoms with van der Waals surface area (Å²) >= 11 is 0. The Labute approximate surface area is 59.5 Å². The molecule has 0 saturated heterocycles. The van der Waals surface area contributed by atoms with Crippen molar-refractivity contribution in [3.63, 3.8) is 0 Å². The van der Waals surface area contributed by atoms with Gasteiger partial charge in [0.25, 0.3) is 0 Å². The molecule has 0 fully saturated rings. The van der Waals surface area contributed by atoms with Crippen molar-refractivity contribution in [2.45, 2.75) is 0 Å². The van der Waals surface area contributed by atoms with Crippen LogP contribution in [0.5, 0.6) is 0 Å². The van der Waals surface area contributed by atoms with E-state index >= 15 is 0 Å². The number of hydrogen-bond acceptors (Lipinski definition) is 4. The summed E-state index contributed by atoms with van der Waals surface area (Å²) in [7, 11) is -0.362. The lowest BCUT2D eigenvalue weighted by Crippen LogP contribution is -2.14. The van der Waals surface area contributed by atoms with Crippen LogP contribution < -0.4 is 0 Å². The summed E-state index contributed by atoms with van der Waals surface area (Å²) in [5, 5.41) is 24.8. The fraction of sp³-hybridized carbons (Fsp3) is 0.400. The quantitative estimate of drug-likeness (QED) is 0.546. The van der Waals surface area contributed by atoms with Crippen molar-refractivity contribution in [3.05, 3.63) is 0 Å². The number of hydrogen-bond donors (Lipinski definition) is 0. The first-order valence-corrected chi connectivity index (χ1v) is 3.27. The lowest BCUT2D eigenvalue weighted by Gasteiger charge is -1.99. The molecular weight excluding hydrogens is 149 g/mol. The van der Waals surface area contributed by atoms with Gasteiger partial charge in [-0.15, -0.1) is 0 Å². The highest BCUT2D eigenvalue weighted by atomic mass is 31.1. The van der Waals surface area contributed by atoms with Crippen molar-refractivity contribution in [2.75, 3.05) is 6.16 Å². The van der Waals surface area contributed by atoms with Gasteiger partial charge < -0.3 is 0 Å². The molecule has 0 aliphatic carbocycles. The average molecular weight is 151 g/mol. The normalized spacial score (nSPS) is 9.30. The van der Waals surface area contributed by atoms with Crippen molar-refractivity contribution >= 4 is 8.46 Å². The van der Waals surface area contributed by atoms with Gasteiger partial charge >= 0.3 is 0 Å². The Morgan fingerprint density at radius 2 is 1.60 bits per heavy atom. The molecule has 0 atom stereocenters. The molecule has 10 heavy (non-hydrogen) atoms. The van der Waals surface area contributed by atoms with E-state index in [0.29, 0.717) is 0 Å². The standard InChI is InChI=1S/C5H2N3OP/c6-1-5(2-7,3-8)4-10-9/h4H2. The first-order valence-electron chi connectivity index (χ1n) is 2.27. The van der Waals surface area contributed by atoms with Gasteiger partial charge in [0.2, 0.25) is 5.41 Å². The first-order chi connectivity index (χ1) is 4.74. The fourth-order valence-electron chi connectivity index (χ4n) is 0.278. The zero-order chi connectivity index (χ0) is 8.04. The van der Waals surface area contributed by atoms with Crippen LogP contribution in [0.4, 0.5) is 0 Å². The summed E-state index contributed by atoms with van der Waals surface area (Å²) in [6.07, 6.45) is -0.253. The number of nitrogens with zero attached hydrogens (tertiary/aromatic N) is 3. The van der Waals surface area contributed by atoms with Crippen LogP contribution in [-0.2, 0) is 4.57 Å². The van der Waals surface area contributed by atoms with Gasteiger partial charge in [0, 0.05) is 0 Å². The summed E-state index contributed by atoms with van der Waals surface area (Å²) in [4.78, 5) is 0. The summed E-state index contributed by atoms with van der Waals surface area (Å²) in [5.41, 5.74) is -1.73. The van der Waals surface area contributed by atoms with E-state index in [4.69, 9.17) is 15.8 Å². The summed E-state index contributed by atoms with van der Waals surface area (Å²) in [6.45, 7) is 0. The van der Waals surface area contributed by atoms with Gasteiger partial charge in [-0.2, -0.15) is 15.8 Å². The second kappa shape index (κ2) is 3.57. The van der Waals surface area contributed by atoms with Crippen molar-refractivity contribution < 1.29 is 4.57 Å². The third kappa shape index (κ3) is 1.52. The predicted molar refractivity (Wildman–Crippen MR) is 31.7 cm³/mol. The fourth-order valence-corrected chi connectivity index (χ4v) is 0.684. The topological polar surface area (TPSA) is 88.4 Å². The Bertz CT molecular complexity index is 217. The molecule has 0 heterocycles. The highest BCUT2D eigenvalue weighted by Gasteiger charge is 2.29. The maximum atomic E-state index is 9.94. The minimum Gasteiger partial charge on any atom is -0.275 e. The largest absolute Gasteiger partial charge is 0.275 e. The number of rotatable bonds is 2. The van der Waals surface area contributed by atoms with Crippen LogP contribution in [0.25, 0.3) is 0 Å². The minimum absolute atomic E-state index is 0.253. The molecule has 4 nitrogen and oxygen atoms in total. The summed E-state index contributed by atoms with van der Waals surface area (Å²) in [6, 6.07) is 4.46. The van der Waals surface area contributed by atoms with Crippen LogP contribution in [0.2, 0.25) is 0 Å². The van der Waals surface area contributed by atoms with Gasteiger partial charge in [-0.05, 0) is 0 Å². The zero-order valence-corrected chi connectivity index (χ0v) is 5.80. The molecule has 0 aliphatic rings. The average Bonchev–Trinajstić information content (AvgIpc) is 2.01. The molecule has 0 unspecified atom stereocenters. The van der Waals surface area contributed by atoms with Crippen LogP contribution in [0.15, 0.2) is 0 Å². The molecular formula is C5H2N3OP. The Kier molecular flexibility index (Phi) is 3.06. The van der Waals surface area contributed by atoms with Gasteiger partial charge in [0.05, 0.1) is 6.16 Å². The van der Waals surface area contributed by atoms with Gasteiger partial charge in [0.15, 0.2) is 8.46 Å². The van der Waals surface area contributed by atoms with Crippen LogP contribution in [0, 0.1) is 39.4 Å². The molecule has 0 rings (SSSR count). The van der Waals surface area contributed by atoms with Gasteiger partial charge in [0.1, 0.15) is 18.2 Å². The van der Waals surface area contributed by atoms with Crippen molar-refractivity contribution in [1.29, 1.82) is 15.8 Å². The second-order valence-electron chi connectivity index (χ2n) is 1.53. The molecule has 0 aromatic rings. The molecule has 0 aliphatic heterocycles. The van der Waals surface area contributed by atoms with E-state index in [1.54, 1.807) is 0 Å². The summed E-state index contributed by atoms with van der Waals surface area (Å²) < 4.78 is 9.94. The highest BCUT2D eigenvalue weighted by Crippen LogP contribution is 2.18. The lowest BCUT2D eigenvalue weighted by molar-refractivity contribution is 0.592.